The lowest BCUT2D eigenvalue weighted by Gasteiger charge is -2.01. The topological polar surface area (TPSA) is 30.0 Å². The molecule has 3 aromatic rings. The van der Waals surface area contributed by atoms with Crippen molar-refractivity contribution in [1.29, 1.82) is 0 Å². The molecule has 0 amide bonds. The number of benzene rings is 2. The molecule has 0 aliphatic heterocycles. The molecule has 0 fully saturated rings. The van der Waals surface area contributed by atoms with Crippen molar-refractivity contribution in [2.45, 2.75) is 0 Å². The molecule has 0 N–H and O–H groups in total. The fourth-order valence-electron chi connectivity index (χ4n) is 2.14. The summed E-state index contributed by atoms with van der Waals surface area (Å²) in [7, 11) is 0. The van der Waals surface area contributed by atoms with Crippen LogP contribution in [0.3, 0.4) is 0 Å². The number of pyridine rings is 1. The fraction of sp³-hybridized carbons (Fsp3) is 0. The SMILES string of the molecule is O=Cc1ccc(C=Cc2ccnc3ccccc23)cc1. The molecule has 0 saturated heterocycles. The smallest absolute Gasteiger partial charge is 0.150 e. The summed E-state index contributed by atoms with van der Waals surface area (Å²) in [4.78, 5) is 15.0. The Balaban J connectivity index is 1.95. The first-order valence-electron chi connectivity index (χ1n) is 6.44. The van der Waals surface area contributed by atoms with Crippen molar-refractivity contribution in [2.24, 2.45) is 0 Å². The molecule has 0 radical (unpaired) electrons. The summed E-state index contributed by atoms with van der Waals surface area (Å²) in [6.07, 6.45) is 6.78. The molecule has 2 heteroatoms. The number of aromatic nitrogens is 1. The quantitative estimate of drug-likeness (QED) is 0.659. The Labute approximate surface area is 117 Å². The molecule has 0 aliphatic rings. The lowest BCUT2D eigenvalue weighted by molar-refractivity contribution is 0.112. The van der Waals surface area contributed by atoms with Gasteiger partial charge in [0.05, 0.1) is 5.52 Å². The van der Waals surface area contributed by atoms with Crippen molar-refractivity contribution in [3.05, 3.63) is 77.5 Å². The number of hydrogen-bond donors (Lipinski definition) is 0. The number of rotatable bonds is 3. The van der Waals surface area contributed by atoms with Crippen molar-refractivity contribution in [3.63, 3.8) is 0 Å². The number of fused-ring (bicyclic) bond motifs is 1. The maximum Gasteiger partial charge on any atom is 0.150 e. The van der Waals surface area contributed by atoms with Gasteiger partial charge in [-0.1, -0.05) is 54.6 Å². The zero-order valence-electron chi connectivity index (χ0n) is 10.9. The molecule has 2 aromatic carbocycles. The predicted octanol–water partition coefficient (Wildman–Crippen LogP) is 4.22. The molecule has 3 rings (SSSR count). The summed E-state index contributed by atoms with van der Waals surface area (Å²) >= 11 is 0. The summed E-state index contributed by atoms with van der Waals surface area (Å²) in [6.45, 7) is 0. The average molecular weight is 259 g/mol. The van der Waals surface area contributed by atoms with E-state index >= 15 is 0 Å². The van der Waals surface area contributed by atoms with Crippen LogP contribution in [-0.4, -0.2) is 11.3 Å². The van der Waals surface area contributed by atoms with E-state index in [-0.39, 0.29) is 0 Å². The number of para-hydroxylation sites is 1. The monoisotopic (exact) mass is 259 g/mol. The number of carbonyl (C=O) groups is 1. The van der Waals surface area contributed by atoms with Gasteiger partial charge in [0.25, 0.3) is 0 Å². The molecule has 1 aromatic heterocycles. The molecule has 2 nitrogen and oxygen atoms in total. The van der Waals surface area contributed by atoms with Crippen LogP contribution in [0, 0.1) is 0 Å². The van der Waals surface area contributed by atoms with Gasteiger partial charge in [-0.25, -0.2) is 0 Å². The van der Waals surface area contributed by atoms with Crippen LogP contribution in [0.15, 0.2) is 60.8 Å². The number of hydrogen-bond acceptors (Lipinski definition) is 2. The lowest BCUT2D eigenvalue weighted by atomic mass is 10.1. The Morgan fingerprint density at radius 1 is 0.800 bits per heavy atom. The molecule has 0 spiro atoms. The molecule has 0 aliphatic carbocycles. The third kappa shape index (κ3) is 2.50. The van der Waals surface area contributed by atoms with Gasteiger partial charge in [-0.3, -0.25) is 9.78 Å². The molecular formula is C18H13NO. The van der Waals surface area contributed by atoms with E-state index in [4.69, 9.17) is 0 Å². The van der Waals surface area contributed by atoms with E-state index in [0.717, 1.165) is 28.3 Å². The van der Waals surface area contributed by atoms with Gasteiger partial charge in [-0.15, -0.1) is 0 Å². The average Bonchev–Trinajstić information content (AvgIpc) is 2.53. The van der Waals surface area contributed by atoms with Crippen molar-refractivity contribution >= 4 is 29.3 Å². The van der Waals surface area contributed by atoms with Crippen molar-refractivity contribution in [1.82, 2.24) is 4.98 Å². The normalized spacial score (nSPS) is 11.0. The summed E-state index contributed by atoms with van der Waals surface area (Å²) in [6, 6.07) is 17.6. The molecule has 0 unspecified atom stereocenters. The van der Waals surface area contributed by atoms with E-state index in [0.29, 0.717) is 5.56 Å². The summed E-state index contributed by atoms with van der Waals surface area (Å²) in [5.74, 6) is 0. The number of nitrogens with zero attached hydrogens (tertiary/aromatic N) is 1. The van der Waals surface area contributed by atoms with E-state index in [1.54, 1.807) is 0 Å². The van der Waals surface area contributed by atoms with Crippen LogP contribution in [-0.2, 0) is 0 Å². The maximum atomic E-state index is 10.6. The highest BCUT2D eigenvalue weighted by molar-refractivity contribution is 5.90. The van der Waals surface area contributed by atoms with Crippen molar-refractivity contribution in [3.8, 4) is 0 Å². The second-order valence-electron chi connectivity index (χ2n) is 4.54. The second kappa shape index (κ2) is 5.49. The summed E-state index contributed by atoms with van der Waals surface area (Å²) < 4.78 is 0. The van der Waals surface area contributed by atoms with Crippen LogP contribution in [0.2, 0.25) is 0 Å². The lowest BCUT2D eigenvalue weighted by Crippen LogP contribution is -1.82. The van der Waals surface area contributed by atoms with Crippen molar-refractivity contribution < 1.29 is 4.79 Å². The summed E-state index contributed by atoms with van der Waals surface area (Å²) in [5, 5.41) is 1.13. The van der Waals surface area contributed by atoms with Gasteiger partial charge < -0.3 is 0 Å². The van der Waals surface area contributed by atoms with Crippen LogP contribution in [0.5, 0.6) is 0 Å². The first-order chi connectivity index (χ1) is 9.86. The Bertz CT molecular complexity index is 768. The maximum absolute atomic E-state index is 10.6. The highest BCUT2D eigenvalue weighted by Gasteiger charge is 1.97. The Hall–Kier alpha value is -2.74. The van der Waals surface area contributed by atoms with E-state index in [1.807, 2.05) is 60.8 Å². The minimum absolute atomic E-state index is 0.691. The fourth-order valence-corrected chi connectivity index (χ4v) is 2.14. The third-order valence-corrected chi connectivity index (χ3v) is 3.21. The van der Waals surface area contributed by atoms with Crippen LogP contribution >= 0.6 is 0 Å². The zero-order valence-corrected chi connectivity index (χ0v) is 10.9. The van der Waals surface area contributed by atoms with E-state index < -0.39 is 0 Å². The molecule has 0 saturated carbocycles. The van der Waals surface area contributed by atoms with E-state index in [2.05, 4.69) is 17.1 Å². The standard InChI is InChI=1S/C18H13NO/c20-13-15-7-5-14(6-8-15)9-10-16-11-12-19-18-4-2-1-3-17(16)18/h1-13H. The van der Waals surface area contributed by atoms with Gasteiger partial charge in [0.1, 0.15) is 6.29 Å². The van der Waals surface area contributed by atoms with Crippen molar-refractivity contribution in [2.75, 3.05) is 0 Å². The van der Waals surface area contributed by atoms with E-state index in [9.17, 15) is 4.79 Å². The molecule has 0 atom stereocenters. The van der Waals surface area contributed by atoms with Crippen LogP contribution in [0.1, 0.15) is 21.5 Å². The zero-order chi connectivity index (χ0) is 13.8. The number of aldehydes is 1. The highest BCUT2D eigenvalue weighted by Crippen LogP contribution is 2.18. The van der Waals surface area contributed by atoms with Gasteiger partial charge in [-0.2, -0.15) is 0 Å². The Morgan fingerprint density at radius 3 is 2.35 bits per heavy atom. The Morgan fingerprint density at radius 2 is 1.55 bits per heavy atom. The van der Waals surface area contributed by atoms with Gasteiger partial charge in [0.15, 0.2) is 0 Å². The molecule has 1 heterocycles. The minimum Gasteiger partial charge on any atom is -0.298 e. The molecule has 20 heavy (non-hydrogen) atoms. The summed E-state index contributed by atoms with van der Waals surface area (Å²) in [5.41, 5.74) is 3.88. The highest BCUT2D eigenvalue weighted by atomic mass is 16.1. The largest absolute Gasteiger partial charge is 0.298 e. The molecule has 0 bridgehead atoms. The first-order valence-corrected chi connectivity index (χ1v) is 6.44. The molecule has 96 valence electrons. The van der Waals surface area contributed by atoms with Crippen LogP contribution < -0.4 is 0 Å². The predicted molar refractivity (Wildman–Crippen MR) is 82.5 cm³/mol. The van der Waals surface area contributed by atoms with Gasteiger partial charge in [0.2, 0.25) is 0 Å². The minimum atomic E-state index is 0.691. The third-order valence-electron chi connectivity index (χ3n) is 3.21. The Kier molecular flexibility index (Phi) is 3.38. The van der Waals surface area contributed by atoms with Crippen LogP contribution in [0.25, 0.3) is 23.1 Å². The second-order valence-corrected chi connectivity index (χ2v) is 4.54. The van der Waals surface area contributed by atoms with E-state index in [1.165, 1.54) is 0 Å². The molecular weight excluding hydrogens is 246 g/mol. The number of carbonyl (C=O) groups excluding carboxylic acids is 1. The van der Waals surface area contributed by atoms with Gasteiger partial charge in [-0.05, 0) is 23.3 Å². The van der Waals surface area contributed by atoms with Gasteiger partial charge in [0, 0.05) is 17.1 Å². The van der Waals surface area contributed by atoms with Gasteiger partial charge >= 0.3 is 0 Å². The first kappa shape index (κ1) is 12.3. The van der Waals surface area contributed by atoms with Crippen LogP contribution in [0.4, 0.5) is 0 Å².